The molecule has 7 nitrogen and oxygen atoms in total. The average Bonchev–Trinajstić information content (AvgIpc) is 2.67. The molecule has 1 unspecified atom stereocenters. The maximum atomic E-state index is 5.52. The Morgan fingerprint density at radius 3 is 2.44 bits per heavy atom. The highest BCUT2D eigenvalue weighted by atomic mass is 16.7. The van der Waals surface area contributed by atoms with Gasteiger partial charge in [-0.2, -0.15) is 0 Å². The minimum atomic E-state index is -0.447. The molecule has 1 atom stereocenters. The summed E-state index contributed by atoms with van der Waals surface area (Å²) in [5, 5.41) is 7.65. The molecule has 0 spiro atoms. The second-order valence-corrected chi connectivity index (χ2v) is 3.21. The minimum Gasteiger partial charge on any atom is -0.351 e. The van der Waals surface area contributed by atoms with E-state index in [1.807, 2.05) is 13.8 Å². The quantitative estimate of drug-likeness (QED) is 0.380. The number of hydrogen-bond donors (Lipinski definition) is 2. The summed E-state index contributed by atoms with van der Waals surface area (Å²) in [7, 11) is 1.79. The first-order valence-corrected chi connectivity index (χ1v) is 5.28. The number of hydrazine groups is 1. The zero-order chi connectivity index (χ0) is 12.0. The van der Waals surface area contributed by atoms with Gasteiger partial charge in [-0.15, -0.1) is 5.10 Å². The van der Waals surface area contributed by atoms with Gasteiger partial charge in [0.2, 0.25) is 0 Å². The van der Waals surface area contributed by atoms with Gasteiger partial charge in [-0.1, -0.05) is 5.21 Å². The Bertz CT molecular complexity index is 298. The lowest BCUT2D eigenvalue weighted by atomic mass is 10.2. The van der Waals surface area contributed by atoms with Crippen LogP contribution in [-0.2, 0) is 16.5 Å². The van der Waals surface area contributed by atoms with Crippen LogP contribution in [0.25, 0.3) is 0 Å². The van der Waals surface area contributed by atoms with Gasteiger partial charge in [-0.05, 0) is 13.8 Å². The Balaban J connectivity index is 2.81. The van der Waals surface area contributed by atoms with Crippen molar-refractivity contribution in [3.8, 4) is 0 Å². The van der Waals surface area contributed by atoms with E-state index in [4.69, 9.17) is 15.3 Å². The van der Waals surface area contributed by atoms with Gasteiger partial charge in [-0.25, -0.2) is 5.43 Å². The Hall–Kier alpha value is -1.02. The lowest BCUT2D eigenvalue weighted by Crippen LogP contribution is -2.40. The smallest absolute Gasteiger partial charge is 0.179 e. The summed E-state index contributed by atoms with van der Waals surface area (Å²) < 4.78 is 12.6. The summed E-state index contributed by atoms with van der Waals surface area (Å²) in [6, 6.07) is -0.292. The molecule has 92 valence electrons. The molecule has 16 heavy (non-hydrogen) atoms. The lowest BCUT2D eigenvalue weighted by Gasteiger charge is -2.25. The van der Waals surface area contributed by atoms with Crippen LogP contribution in [0.4, 0.5) is 0 Å². The number of rotatable bonds is 7. The number of aryl methyl sites for hydroxylation is 1. The van der Waals surface area contributed by atoms with Crippen molar-refractivity contribution in [2.45, 2.75) is 26.2 Å². The number of ether oxygens (including phenoxy) is 2. The van der Waals surface area contributed by atoms with E-state index >= 15 is 0 Å². The highest BCUT2D eigenvalue weighted by Crippen LogP contribution is 2.17. The first-order valence-electron chi connectivity index (χ1n) is 5.28. The predicted octanol–water partition coefficient (Wildman–Crippen LogP) is -0.281. The molecule has 0 saturated heterocycles. The molecule has 0 aromatic carbocycles. The van der Waals surface area contributed by atoms with Crippen LogP contribution in [0.1, 0.15) is 25.6 Å². The van der Waals surface area contributed by atoms with Crippen LogP contribution >= 0.6 is 0 Å². The molecule has 0 amide bonds. The van der Waals surface area contributed by atoms with Gasteiger partial charge < -0.3 is 9.47 Å². The Morgan fingerprint density at radius 2 is 2.06 bits per heavy atom. The fourth-order valence-electron chi connectivity index (χ4n) is 1.45. The highest BCUT2D eigenvalue weighted by molar-refractivity contribution is 5.02. The molecule has 0 bridgehead atoms. The fourth-order valence-corrected chi connectivity index (χ4v) is 1.45. The van der Waals surface area contributed by atoms with Crippen molar-refractivity contribution < 1.29 is 9.47 Å². The maximum absolute atomic E-state index is 5.52. The molecule has 1 aromatic rings. The molecule has 0 saturated carbocycles. The van der Waals surface area contributed by atoms with Crippen LogP contribution in [-0.4, -0.2) is 34.5 Å². The zero-order valence-corrected chi connectivity index (χ0v) is 9.88. The third-order valence-electron chi connectivity index (χ3n) is 2.18. The molecule has 1 aromatic heterocycles. The van der Waals surface area contributed by atoms with Crippen molar-refractivity contribution in [2.75, 3.05) is 13.2 Å². The zero-order valence-electron chi connectivity index (χ0n) is 9.88. The van der Waals surface area contributed by atoms with Crippen LogP contribution in [0.5, 0.6) is 0 Å². The van der Waals surface area contributed by atoms with Gasteiger partial charge >= 0.3 is 0 Å². The molecule has 0 fully saturated rings. The molecule has 0 aliphatic carbocycles. The number of hydrogen-bond acceptors (Lipinski definition) is 6. The second kappa shape index (κ2) is 6.54. The van der Waals surface area contributed by atoms with Gasteiger partial charge in [0.05, 0.1) is 11.9 Å². The van der Waals surface area contributed by atoms with E-state index in [0.717, 1.165) is 5.69 Å². The molecule has 3 N–H and O–H groups in total. The van der Waals surface area contributed by atoms with Crippen molar-refractivity contribution in [3.05, 3.63) is 11.9 Å². The first kappa shape index (κ1) is 13.0. The van der Waals surface area contributed by atoms with Gasteiger partial charge in [0.15, 0.2) is 6.29 Å². The van der Waals surface area contributed by atoms with Crippen molar-refractivity contribution in [1.82, 2.24) is 20.4 Å². The summed E-state index contributed by atoms with van der Waals surface area (Å²) in [5.74, 6) is 5.52. The monoisotopic (exact) mass is 229 g/mol. The van der Waals surface area contributed by atoms with Gasteiger partial charge in [0.25, 0.3) is 0 Å². The number of aromatic nitrogens is 3. The normalized spacial score (nSPS) is 13.3. The average molecular weight is 229 g/mol. The van der Waals surface area contributed by atoms with E-state index in [1.54, 1.807) is 17.9 Å². The minimum absolute atomic E-state index is 0.292. The maximum Gasteiger partial charge on any atom is 0.179 e. The molecule has 1 rings (SSSR count). The van der Waals surface area contributed by atoms with Crippen LogP contribution < -0.4 is 11.3 Å². The van der Waals surface area contributed by atoms with Crippen molar-refractivity contribution in [3.63, 3.8) is 0 Å². The molecule has 0 aliphatic rings. The molecule has 0 aliphatic heterocycles. The van der Waals surface area contributed by atoms with Gasteiger partial charge in [0.1, 0.15) is 6.04 Å². The van der Waals surface area contributed by atoms with Crippen LogP contribution in [0.3, 0.4) is 0 Å². The third kappa shape index (κ3) is 2.99. The second-order valence-electron chi connectivity index (χ2n) is 3.21. The van der Waals surface area contributed by atoms with Crippen LogP contribution in [0.2, 0.25) is 0 Å². The standard InChI is InChI=1S/C9H19N5O2/c1-4-15-9(16-5-2)8(12-10)7-6-11-13-14(7)3/h6,8-9,12H,4-5,10H2,1-3H3. The lowest BCUT2D eigenvalue weighted by molar-refractivity contribution is -0.156. The van der Waals surface area contributed by atoms with Crippen LogP contribution in [0.15, 0.2) is 6.20 Å². The summed E-state index contributed by atoms with van der Waals surface area (Å²) in [5.41, 5.74) is 3.48. The number of nitrogens with two attached hydrogens (primary N) is 1. The third-order valence-corrected chi connectivity index (χ3v) is 2.18. The van der Waals surface area contributed by atoms with E-state index in [9.17, 15) is 0 Å². The molecular weight excluding hydrogens is 210 g/mol. The van der Waals surface area contributed by atoms with E-state index in [-0.39, 0.29) is 6.04 Å². The molecule has 0 radical (unpaired) electrons. The van der Waals surface area contributed by atoms with E-state index in [2.05, 4.69) is 15.7 Å². The number of nitrogens with one attached hydrogen (secondary N) is 1. The summed E-state index contributed by atoms with van der Waals surface area (Å²) in [4.78, 5) is 0. The fraction of sp³-hybridized carbons (Fsp3) is 0.778. The Kier molecular flexibility index (Phi) is 5.33. The summed E-state index contributed by atoms with van der Waals surface area (Å²) in [6.07, 6.45) is 1.19. The summed E-state index contributed by atoms with van der Waals surface area (Å²) >= 11 is 0. The largest absolute Gasteiger partial charge is 0.351 e. The Morgan fingerprint density at radius 1 is 1.44 bits per heavy atom. The van der Waals surface area contributed by atoms with Crippen LogP contribution in [0, 0.1) is 0 Å². The predicted molar refractivity (Wildman–Crippen MR) is 58.1 cm³/mol. The van der Waals surface area contributed by atoms with Gasteiger partial charge in [-0.3, -0.25) is 10.5 Å². The molecule has 1 heterocycles. The Labute approximate surface area is 94.9 Å². The van der Waals surface area contributed by atoms with Crippen molar-refractivity contribution in [2.24, 2.45) is 12.9 Å². The molecular formula is C9H19N5O2. The van der Waals surface area contributed by atoms with Crippen molar-refractivity contribution >= 4 is 0 Å². The number of nitrogens with zero attached hydrogens (tertiary/aromatic N) is 3. The SMILES string of the molecule is CCOC(OCC)C(NN)c1cnnn1C. The molecule has 7 heteroatoms. The van der Waals surface area contributed by atoms with E-state index in [1.165, 1.54) is 0 Å². The van der Waals surface area contributed by atoms with Gasteiger partial charge in [0, 0.05) is 20.3 Å². The summed E-state index contributed by atoms with van der Waals surface area (Å²) in [6.45, 7) is 4.91. The topological polar surface area (TPSA) is 87.2 Å². The highest BCUT2D eigenvalue weighted by Gasteiger charge is 2.25. The van der Waals surface area contributed by atoms with E-state index < -0.39 is 6.29 Å². The van der Waals surface area contributed by atoms with Crippen molar-refractivity contribution in [1.29, 1.82) is 0 Å². The van der Waals surface area contributed by atoms with E-state index in [0.29, 0.717) is 13.2 Å². The first-order chi connectivity index (χ1) is 7.74.